The average Bonchev–Trinajstić information content (AvgIpc) is 3.44. The summed E-state index contributed by atoms with van der Waals surface area (Å²) in [5.74, 6) is 0.288. The minimum absolute atomic E-state index is 0.0310. The zero-order valence-electron chi connectivity index (χ0n) is 16.9. The van der Waals surface area contributed by atoms with Crippen LogP contribution >= 0.6 is 11.3 Å². The third kappa shape index (κ3) is 4.06. The number of Topliss-reactive ketones (excluding diaryl/α,β-unsaturated/α-hetero) is 2. The molecular formula is C23H19FN2O4S. The van der Waals surface area contributed by atoms with E-state index in [0.717, 1.165) is 5.39 Å². The van der Waals surface area contributed by atoms with Crippen molar-refractivity contribution in [1.82, 2.24) is 9.78 Å². The maximum absolute atomic E-state index is 13.9. The Morgan fingerprint density at radius 1 is 1.03 bits per heavy atom. The molecule has 0 atom stereocenters. The molecule has 2 aromatic heterocycles. The molecule has 2 heterocycles. The third-order valence-electron chi connectivity index (χ3n) is 4.94. The van der Waals surface area contributed by atoms with Gasteiger partial charge < -0.3 is 9.47 Å². The first kappa shape index (κ1) is 20.7. The van der Waals surface area contributed by atoms with Crippen LogP contribution in [0.15, 0.2) is 54.0 Å². The topological polar surface area (TPSA) is 70.4 Å². The van der Waals surface area contributed by atoms with Crippen molar-refractivity contribution in [2.45, 2.75) is 12.8 Å². The number of thiophene rings is 1. The van der Waals surface area contributed by atoms with Gasteiger partial charge >= 0.3 is 0 Å². The summed E-state index contributed by atoms with van der Waals surface area (Å²) in [4.78, 5) is 25.1. The molecule has 0 saturated heterocycles. The third-order valence-corrected chi connectivity index (χ3v) is 5.93. The van der Waals surface area contributed by atoms with Crippen LogP contribution < -0.4 is 9.47 Å². The molecule has 0 unspecified atom stereocenters. The summed E-state index contributed by atoms with van der Waals surface area (Å²) >= 11 is 1.29. The summed E-state index contributed by atoms with van der Waals surface area (Å²) in [6, 6.07) is 11.4. The number of ether oxygens (including phenoxy) is 2. The number of fused-ring (bicyclic) bond motifs is 1. The monoisotopic (exact) mass is 438 g/mol. The fraction of sp³-hybridized carbons (Fsp3) is 0.174. The first-order chi connectivity index (χ1) is 15.0. The molecule has 0 aliphatic rings. The Hall–Kier alpha value is -3.52. The fourth-order valence-corrected chi connectivity index (χ4v) is 4.25. The number of halogens is 1. The summed E-state index contributed by atoms with van der Waals surface area (Å²) in [5, 5.41) is 6.87. The molecule has 4 rings (SSSR count). The molecule has 0 saturated carbocycles. The molecule has 0 amide bonds. The van der Waals surface area contributed by atoms with E-state index in [9.17, 15) is 14.0 Å². The van der Waals surface area contributed by atoms with Crippen molar-refractivity contribution >= 4 is 33.0 Å². The Bertz CT molecular complexity index is 1280. The predicted molar refractivity (Wildman–Crippen MR) is 116 cm³/mol. The van der Waals surface area contributed by atoms with Gasteiger partial charge in [0.2, 0.25) is 0 Å². The number of carbonyl (C=O) groups excluding carboxylic acids is 2. The zero-order valence-corrected chi connectivity index (χ0v) is 17.7. The second-order valence-corrected chi connectivity index (χ2v) is 7.68. The number of ketones is 2. The number of carbonyl (C=O) groups is 2. The number of hydrogen-bond donors (Lipinski definition) is 0. The van der Waals surface area contributed by atoms with Crippen LogP contribution in [-0.2, 0) is 0 Å². The van der Waals surface area contributed by atoms with Crippen LogP contribution in [-0.4, -0.2) is 35.6 Å². The summed E-state index contributed by atoms with van der Waals surface area (Å²) < 4.78 is 26.4. The zero-order chi connectivity index (χ0) is 22.0. The van der Waals surface area contributed by atoms with E-state index in [1.807, 2.05) is 6.07 Å². The molecule has 0 aliphatic heterocycles. The molecule has 0 bridgehead atoms. The van der Waals surface area contributed by atoms with Crippen LogP contribution in [0.2, 0.25) is 0 Å². The maximum atomic E-state index is 13.9. The Morgan fingerprint density at radius 3 is 2.58 bits per heavy atom. The molecule has 0 spiro atoms. The number of hydrogen-bond acceptors (Lipinski definition) is 6. The molecule has 0 N–H and O–H groups in total. The predicted octanol–water partition coefficient (Wildman–Crippen LogP) is 5.09. The molecule has 8 heteroatoms. The number of nitrogens with zero attached hydrogens (tertiary/aromatic N) is 2. The van der Waals surface area contributed by atoms with Crippen LogP contribution in [0, 0.1) is 5.82 Å². The Morgan fingerprint density at radius 2 is 1.81 bits per heavy atom. The quantitative estimate of drug-likeness (QED) is 0.359. The highest BCUT2D eigenvalue weighted by molar-refractivity contribution is 7.17. The Balaban J connectivity index is 1.46. The van der Waals surface area contributed by atoms with Crippen LogP contribution in [0.4, 0.5) is 4.39 Å². The van der Waals surface area contributed by atoms with E-state index in [1.54, 1.807) is 46.6 Å². The van der Waals surface area contributed by atoms with Gasteiger partial charge in [-0.15, -0.1) is 11.3 Å². The number of benzene rings is 2. The molecule has 0 aliphatic carbocycles. The highest BCUT2D eigenvalue weighted by Gasteiger charge is 2.17. The van der Waals surface area contributed by atoms with Crippen molar-refractivity contribution in [3.63, 3.8) is 0 Å². The summed E-state index contributed by atoms with van der Waals surface area (Å²) in [6.07, 6.45) is 1.74. The van der Waals surface area contributed by atoms with Crippen LogP contribution in [0.5, 0.6) is 11.5 Å². The van der Waals surface area contributed by atoms with Gasteiger partial charge in [-0.05, 0) is 30.3 Å². The minimum Gasteiger partial charge on any atom is -0.493 e. The van der Waals surface area contributed by atoms with E-state index in [-0.39, 0.29) is 35.9 Å². The van der Waals surface area contributed by atoms with E-state index in [1.165, 1.54) is 31.6 Å². The summed E-state index contributed by atoms with van der Waals surface area (Å²) in [6.45, 7) is 0. The second-order valence-electron chi connectivity index (χ2n) is 6.80. The van der Waals surface area contributed by atoms with Crippen molar-refractivity contribution in [2.75, 3.05) is 14.2 Å². The number of aromatic nitrogens is 2. The lowest BCUT2D eigenvalue weighted by molar-refractivity contribution is 0.0914. The van der Waals surface area contributed by atoms with Crippen molar-refractivity contribution < 1.29 is 23.5 Å². The van der Waals surface area contributed by atoms with Crippen LogP contribution in [0.25, 0.3) is 15.8 Å². The van der Waals surface area contributed by atoms with Gasteiger partial charge in [-0.3, -0.25) is 9.59 Å². The maximum Gasteiger partial charge on any atom is 0.183 e. The van der Waals surface area contributed by atoms with E-state index in [0.29, 0.717) is 27.4 Å². The minimum atomic E-state index is -0.286. The lowest BCUT2D eigenvalue weighted by atomic mass is 10.0. The van der Waals surface area contributed by atoms with Crippen molar-refractivity contribution in [3.05, 3.63) is 71.1 Å². The summed E-state index contributed by atoms with van der Waals surface area (Å²) in [7, 11) is 3.02. The molecule has 158 valence electrons. The van der Waals surface area contributed by atoms with Gasteiger partial charge in [0.05, 0.1) is 24.6 Å². The Labute approximate surface area is 181 Å². The smallest absolute Gasteiger partial charge is 0.183 e. The van der Waals surface area contributed by atoms with Crippen LogP contribution in [0.3, 0.4) is 0 Å². The molecule has 4 aromatic rings. The first-order valence-corrected chi connectivity index (χ1v) is 10.4. The van der Waals surface area contributed by atoms with Crippen molar-refractivity contribution in [1.29, 1.82) is 0 Å². The molecule has 0 radical (unpaired) electrons. The van der Waals surface area contributed by atoms with Crippen molar-refractivity contribution in [3.8, 4) is 17.2 Å². The molecular weight excluding hydrogens is 419 g/mol. The normalized spacial score (nSPS) is 10.9. The fourth-order valence-electron chi connectivity index (χ4n) is 3.30. The Kier molecular flexibility index (Phi) is 5.81. The number of methoxy groups -OCH3 is 2. The second kappa shape index (κ2) is 8.69. The highest BCUT2D eigenvalue weighted by Crippen LogP contribution is 2.31. The van der Waals surface area contributed by atoms with Gasteiger partial charge in [-0.2, -0.15) is 5.10 Å². The molecule has 2 aromatic carbocycles. The molecule has 6 nitrogen and oxygen atoms in total. The van der Waals surface area contributed by atoms with Gasteiger partial charge in [-0.25, -0.2) is 9.07 Å². The van der Waals surface area contributed by atoms with E-state index in [2.05, 4.69) is 5.10 Å². The van der Waals surface area contributed by atoms with Gasteiger partial charge in [0, 0.05) is 35.4 Å². The van der Waals surface area contributed by atoms with Gasteiger partial charge in [0.1, 0.15) is 11.5 Å². The SMILES string of the molecule is COc1ccc(C(=O)CCC(=O)c2ccn(-c3csc4c(F)cccc34)n2)cc1OC. The first-order valence-electron chi connectivity index (χ1n) is 9.52. The summed E-state index contributed by atoms with van der Waals surface area (Å²) in [5.41, 5.74) is 1.42. The standard InChI is InChI=1S/C23H19FN2O4S/c1-29-21-9-6-14(12-22(21)30-2)19(27)7-8-20(28)17-10-11-26(25-17)18-13-31-23-15(18)4-3-5-16(23)24/h3-6,9-13H,7-8H2,1-2H3. The van der Waals surface area contributed by atoms with E-state index >= 15 is 0 Å². The highest BCUT2D eigenvalue weighted by atomic mass is 32.1. The van der Waals surface area contributed by atoms with E-state index < -0.39 is 0 Å². The van der Waals surface area contributed by atoms with Gasteiger partial charge in [0.25, 0.3) is 0 Å². The largest absolute Gasteiger partial charge is 0.493 e. The molecule has 31 heavy (non-hydrogen) atoms. The molecule has 0 fully saturated rings. The van der Waals surface area contributed by atoms with Gasteiger partial charge in [-0.1, -0.05) is 12.1 Å². The average molecular weight is 438 g/mol. The van der Waals surface area contributed by atoms with Gasteiger partial charge in [0.15, 0.2) is 23.1 Å². The van der Waals surface area contributed by atoms with E-state index in [4.69, 9.17) is 9.47 Å². The van der Waals surface area contributed by atoms with Crippen LogP contribution in [0.1, 0.15) is 33.7 Å². The van der Waals surface area contributed by atoms with Crippen molar-refractivity contribution in [2.24, 2.45) is 0 Å². The lowest BCUT2D eigenvalue weighted by Gasteiger charge is -2.08. The number of rotatable bonds is 8. The lowest BCUT2D eigenvalue weighted by Crippen LogP contribution is -2.07.